The fourth-order valence-electron chi connectivity index (χ4n) is 2.85. The highest BCUT2D eigenvalue weighted by Crippen LogP contribution is 2.39. The van der Waals surface area contributed by atoms with Crippen LogP contribution in [-0.2, 0) is 4.74 Å². The van der Waals surface area contributed by atoms with Gasteiger partial charge in [-0.3, -0.25) is 15.1 Å². The molecule has 25 heavy (non-hydrogen) atoms. The van der Waals surface area contributed by atoms with E-state index in [2.05, 4.69) is 4.98 Å². The summed E-state index contributed by atoms with van der Waals surface area (Å²) < 4.78 is 18.7. The normalized spacial score (nSPS) is 14.6. The number of hydrogen-bond donors (Lipinski definition) is 0. The van der Waals surface area contributed by atoms with Crippen molar-refractivity contribution in [1.29, 1.82) is 0 Å². The van der Waals surface area contributed by atoms with Crippen LogP contribution < -0.4 is 0 Å². The molecule has 0 amide bonds. The second-order valence-corrected chi connectivity index (χ2v) is 5.42. The van der Waals surface area contributed by atoms with Crippen molar-refractivity contribution >= 4 is 34.4 Å². The molecule has 0 saturated heterocycles. The molecule has 0 aliphatic carbocycles. The fourth-order valence-corrected chi connectivity index (χ4v) is 2.85. The minimum absolute atomic E-state index is 0.0164. The second-order valence-electron chi connectivity index (χ2n) is 5.42. The molecule has 2 aromatic carbocycles. The van der Waals surface area contributed by atoms with Crippen molar-refractivity contribution in [3.8, 4) is 0 Å². The molecule has 3 aromatic rings. The summed E-state index contributed by atoms with van der Waals surface area (Å²) in [7, 11) is 0. The highest BCUT2D eigenvalue weighted by atomic mass is 19.1. The van der Waals surface area contributed by atoms with Crippen LogP contribution in [0.4, 0.5) is 10.1 Å². The van der Waals surface area contributed by atoms with Crippen LogP contribution in [-0.4, -0.2) is 15.9 Å². The van der Waals surface area contributed by atoms with Gasteiger partial charge in [-0.1, -0.05) is 18.2 Å². The number of nitro groups is 1. The van der Waals surface area contributed by atoms with Gasteiger partial charge in [0.15, 0.2) is 0 Å². The maximum absolute atomic E-state index is 13.6. The summed E-state index contributed by atoms with van der Waals surface area (Å²) in [4.78, 5) is 26.8. The van der Waals surface area contributed by atoms with E-state index in [0.29, 0.717) is 5.56 Å². The van der Waals surface area contributed by atoms with Crippen molar-refractivity contribution in [2.45, 2.75) is 0 Å². The highest BCUT2D eigenvalue weighted by molar-refractivity contribution is 6.08. The number of nitrogens with zero attached hydrogens (tertiary/aromatic N) is 2. The molecule has 7 heteroatoms. The number of nitro benzene ring substituents is 1. The van der Waals surface area contributed by atoms with Gasteiger partial charge in [0.2, 0.25) is 0 Å². The van der Waals surface area contributed by atoms with Gasteiger partial charge in [-0.2, -0.15) is 0 Å². The Morgan fingerprint density at radius 3 is 2.80 bits per heavy atom. The average Bonchev–Trinajstić information content (AvgIpc) is 2.90. The zero-order valence-electron chi connectivity index (χ0n) is 12.6. The number of para-hydroxylation sites is 1. The van der Waals surface area contributed by atoms with Gasteiger partial charge < -0.3 is 4.74 Å². The molecule has 0 spiro atoms. The number of cyclic esters (lactones) is 1. The van der Waals surface area contributed by atoms with Crippen molar-refractivity contribution in [3.05, 3.63) is 81.3 Å². The molecule has 1 aromatic heterocycles. The van der Waals surface area contributed by atoms with E-state index >= 15 is 0 Å². The number of esters is 1. The molecule has 6 nitrogen and oxygen atoms in total. The Kier molecular flexibility index (Phi) is 3.28. The van der Waals surface area contributed by atoms with E-state index < -0.39 is 22.4 Å². The van der Waals surface area contributed by atoms with E-state index in [1.807, 2.05) is 24.3 Å². The Labute approximate surface area is 140 Å². The molecule has 1 aliphatic rings. The van der Waals surface area contributed by atoms with Crippen LogP contribution >= 0.6 is 0 Å². The van der Waals surface area contributed by atoms with Gasteiger partial charge in [0.05, 0.1) is 22.1 Å². The van der Waals surface area contributed by atoms with Crippen molar-refractivity contribution < 1.29 is 18.8 Å². The summed E-state index contributed by atoms with van der Waals surface area (Å²) in [5.74, 6) is -1.66. The van der Waals surface area contributed by atoms with Gasteiger partial charge in [-0.25, -0.2) is 9.18 Å². The van der Waals surface area contributed by atoms with Crippen molar-refractivity contribution in [1.82, 2.24) is 4.98 Å². The van der Waals surface area contributed by atoms with Crippen molar-refractivity contribution in [2.24, 2.45) is 0 Å². The monoisotopic (exact) mass is 336 g/mol. The molecule has 1 aliphatic heterocycles. The van der Waals surface area contributed by atoms with Crippen LogP contribution in [0.5, 0.6) is 0 Å². The lowest BCUT2D eigenvalue weighted by Crippen LogP contribution is -1.98. The summed E-state index contributed by atoms with van der Waals surface area (Å²) >= 11 is 0. The van der Waals surface area contributed by atoms with Crippen LogP contribution in [0.2, 0.25) is 0 Å². The number of aromatic nitrogens is 1. The second kappa shape index (κ2) is 5.48. The number of rotatable bonds is 2. The Morgan fingerprint density at radius 1 is 1.20 bits per heavy atom. The first kappa shape index (κ1) is 14.9. The zero-order valence-corrected chi connectivity index (χ0v) is 12.6. The minimum Gasteiger partial charge on any atom is -0.422 e. The minimum atomic E-state index is -0.863. The first-order valence-corrected chi connectivity index (χ1v) is 7.30. The van der Waals surface area contributed by atoms with E-state index in [1.165, 1.54) is 6.08 Å². The summed E-state index contributed by atoms with van der Waals surface area (Å²) in [5.41, 5.74) is 0.731. The van der Waals surface area contributed by atoms with Crippen molar-refractivity contribution in [3.63, 3.8) is 0 Å². The summed E-state index contributed by atoms with van der Waals surface area (Å²) in [6.45, 7) is 0. The van der Waals surface area contributed by atoms with Gasteiger partial charge in [0.25, 0.3) is 5.69 Å². The molecule has 0 unspecified atom stereocenters. The number of ether oxygens (including phenoxy) is 1. The van der Waals surface area contributed by atoms with Crippen molar-refractivity contribution in [2.75, 3.05) is 0 Å². The van der Waals surface area contributed by atoms with E-state index in [0.717, 1.165) is 23.0 Å². The number of carbonyl (C=O) groups excluding carboxylic acids is 1. The highest BCUT2D eigenvalue weighted by Gasteiger charge is 2.35. The lowest BCUT2D eigenvalue weighted by molar-refractivity contribution is -0.385. The van der Waals surface area contributed by atoms with Gasteiger partial charge in [-0.15, -0.1) is 0 Å². The van der Waals surface area contributed by atoms with Gasteiger partial charge in [0.1, 0.15) is 17.1 Å². The quantitative estimate of drug-likeness (QED) is 0.402. The summed E-state index contributed by atoms with van der Waals surface area (Å²) in [6.07, 6.45) is 3.12. The Balaban J connectivity index is 1.96. The molecular formula is C18H9FN2O4. The maximum Gasteiger partial charge on any atom is 0.344 e. The third-order valence-electron chi connectivity index (χ3n) is 3.92. The molecule has 0 atom stereocenters. The molecule has 2 heterocycles. The predicted octanol–water partition coefficient (Wildman–Crippen LogP) is 3.95. The SMILES string of the molecule is O=C1OC(=Cc2ccnc3ccccc23)c2c1cc(F)cc2[N+](=O)[O-]. The summed E-state index contributed by atoms with van der Waals surface area (Å²) in [5, 5.41) is 12.1. The maximum atomic E-state index is 13.6. The number of benzene rings is 2. The smallest absolute Gasteiger partial charge is 0.344 e. The summed E-state index contributed by atoms with van der Waals surface area (Å²) in [6, 6.07) is 10.8. The molecule has 4 rings (SSSR count). The van der Waals surface area contributed by atoms with Crippen LogP contribution in [0.1, 0.15) is 21.5 Å². The molecule has 0 radical (unpaired) electrons. The van der Waals surface area contributed by atoms with Gasteiger partial charge in [0, 0.05) is 11.6 Å². The average molecular weight is 336 g/mol. The molecule has 122 valence electrons. The number of halogens is 1. The molecule has 0 bridgehead atoms. The lowest BCUT2D eigenvalue weighted by Gasteiger charge is -2.04. The Bertz CT molecular complexity index is 1090. The fraction of sp³-hybridized carbons (Fsp3) is 0. The Hall–Kier alpha value is -3.61. The number of carbonyl (C=O) groups is 1. The standard InChI is InChI=1S/C18H9FN2O4/c19-11-8-13-17(15(9-11)21(23)24)16(25-18(13)22)7-10-5-6-20-14-4-2-1-3-12(10)14/h1-9H. The predicted molar refractivity (Wildman–Crippen MR) is 88.1 cm³/mol. The van der Waals surface area contributed by atoms with Gasteiger partial charge >= 0.3 is 5.97 Å². The first-order chi connectivity index (χ1) is 12.0. The van der Waals surface area contributed by atoms with Gasteiger partial charge in [-0.05, 0) is 29.8 Å². The van der Waals surface area contributed by atoms with E-state index in [-0.39, 0.29) is 16.9 Å². The Morgan fingerprint density at radius 2 is 2.00 bits per heavy atom. The third kappa shape index (κ3) is 2.42. The number of hydrogen-bond acceptors (Lipinski definition) is 5. The number of fused-ring (bicyclic) bond motifs is 2. The van der Waals surface area contributed by atoms with Crippen LogP contribution in [0.25, 0.3) is 22.7 Å². The van der Waals surface area contributed by atoms with Crippen LogP contribution in [0.3, 0.4) is 0 Å². The largest absolute Gasteiger partial charge is 0.422 e. The first-order valence-electron chi connectivity index (χ1n) is 7.30. The molecular weight excluding hydrogens is 327 g/mol. The molecule has 0 saturated carbocycles. The third-order valence-corrected chi connectivity index (χ3v) is 3.92. The number of pyridine rings is 1. The zero-order chi connectivity index (χ0) is 17.6. The van der Waals surface area contributed by atoms with Crippen LogP contribution in [0, 0.1) is 15.9 Å². The molecule has 0 N–H and O–H groups in total. The van der Waals surface area contributed by atoms with E-state index in [9.17, 15) is 19.3 Å². The lowest BCUT2D eigenvalue weighted by atomic mass is 10.0. The van der Waals surface area contributed by atoms with E-state index in [4.69, 9.17) is 4.74 Å². The topological polar surface area (TPSA) is 82.3 Å². The molecule has 0 fully saturated rings. The van der Waals surface area contributed by atoms with Crippen LogP contribution in [0.15, 0.2) is 48.7 Å². The van der Waals surface area contributed by atoms with E-state index in [1.54, 1.807) is 12.3 Å².